The number of rotatable bonds is 7. The first-order valence-corrected chi connectivity index (χ1v) is 11.6. The molecule has 0 aromatic rings. The van der Waals surface area contributed by atoms with Crippen LogP contribution in [-0.4, -0.2) is 107 Å². The normalized spacial score (nSPS) is 20.0. The maximum Gasteiger partial charge on any atom is 0.239 e. The van der Waals surface area contributed by atoms with Gasteiger partial charge in [-0.15, -0.1) is 24.0 Å². The zero-order valence-electron chi connectivity index (χ0n) is 17.2. The summed E-state index contributed by atoms with van der Waals surface area (Å²) in [7, 11) is -1.38. The summed E-state index contributed by atoms with van der Waals surface area (Å²) in [6, 6.07) is -0.0673. The minimum Gasteiger partial charge on any atom is -0.356 e. The second-order valence-corrected chi connectivity index (χ2v) is 9.06. The number of aliphatic imine (C=N–C) groups is 1. The molecule has 9 nitrogen and oxygen atoms in total. The van der Waals surface area contributed by atoms with Crippen LogP contribution in [-0.2, 0) is 14.8 Å². The number of nitrogens with one attached hydrogen (secondary N) is 2. The van der Waals surface area contributed by atoms with Crippen molar-refractivity contribution in [1.82, 2.24) is 24.7 Å². The molecule has 2 saturated heterocycles. The monoisotopic (exact) mass is 530 g/mol. The van der Waals surface area contributed by atoms with Gasteiger partial charge in [0.15, 0.2) is 5.96 Å². The van der Waals surface area contributed by atoms with Gasteiger partial charge >= 0.3 is 0 Å². The molecule has 0 aliphatic carbocycles. The van der Waals surface area contributed by atoms with Gasteiger partial charge in [-0.05, 0) is 26.2 Å². The summed E-state index contributed by atoms with van der Waals surface area (Å²) in [5, 5.41) is 3.28. The number of carbonyl (C=O) groups excluding carboxylic acids is 1. The van der Waals surface area contributed by atoms with Crippen molar-refractivity contribution in [3.8, 4) is 0 Å². The van der Waals surface area contributed by atoms with Gasteiger partial charge in [-0.3, -0.25) is 14.7 Å². The van der Waals surface area contributed by atoms with Crippen LogP contribution in [0, 0.1) is 0 Å². The van der Waals surface area contributed by atoms with Gasteiger partial charge < -0.3 is 15.1 Å². The Hall–Kier alpha value is -0.660. The van der Waals surface area contributed by atoms with Crippen molar-refractivity contribution in [3.05, 3.63) is 0 Å². The molecule has 1 atom stereocenters. The first-order chi connectivity index (χ1) is 12.8. The maximum absolute atomic E-state index is 12.6. The average molecular weight is 530 g/mol. The van der Waals surface area contributed by atoms with Crippen LogP contribution >= 0.6 is 24.0 Å². The summed E-state index contributed by atoms with van der Waals surface area (Å²) in [5.74, 6) is 1.08. The molecular weight excluding hydrogens is 495 g/mol. The first-order valence-electron chi connectivity index (χ1n) is 9.75. The Morgan fingerprint density at radius 2 is 1.64 bits per heavy atom. The fourth-order valence-electron chi connectivity index (χ4n) is 3.56. The van der Waals surface area contributed by atoms with E-state index in [4.69, 9.17) is 0 Å². The second kappa shape index (κ2) is 12.1. The van der Waals surface area contributed by atoms with Crippen LogP contribution in [0.4, 0.5) is 0 Å². The van der Waals surface area contributed by atoms with Crippen molar-refractivity contribution >= 4 is 45.9 Å². The SMILES string of the molecule is CN=C(NCCCNS(C)(=O)=O)N1CCN(C(C)C(=O)N2CCCC2)CC1.I. The van der Waals surface area contributed by atoms with E-state index >= 15 is 0 Å². The molecule has 0 spiro atoms. The van der Waals surface area contributed by atoms with E-state index in [1.165, 1.54) is 0 Å². The third-order valence-corrected chi connectivity index (χ3v) is 5.88. The van der Waals surface area contributed by atoms with Crippen molar-refractivity contribution in [1.29, 1.82) is 0 Å². The van der Waals surface area contributed by atoms with Crippen LogP contribution in [0.1, 0.15) is 26.2 Å². The maximum atomic E-state index is 12.6. The standard InChI is InChI=1S/C17H34N6O3S.HI/c1-15(16(24)22-9-4-5-10-22)21-11-13-23(14-12-21)17(18-2)19-7-6-8-20-27(3,25)26;/h15,20H,4-14H2,1-3H3,(H,18,19);1H. The topological polar surface area (TPSA) is 97.3 Å². The Morgan fingerprint density at radius 1 is 1.04 bits per heavy atom. The van der Waals surface area contributed by atoms with Gasteiger partial charge in [-0.25, -0.2) is 13.1 Å². The number of hydrogen-bond acceptors (Lipinski definition) is 5. The van der Waals surface area contributed by atoms with E-state index in [0.717, 1.165) is 64.3 Å². The molecule has 2 aliphatic heterocycles. The predicted octanol–water partition coefficient (Wildman–Crippen LogP) is -0.252. The number of piperazine rings is 1. The smallest absolute Gasteiger partial charge is 0.239 e. The van der Waals surface area contributed by atoms with Crippen molar-refractivity contribution in [3.63, 3.8) is 0 Å². The molecule has 0 aromatic heterocycles. The Labute approximate surface area is 186 Å². The average Bonchev–Trinajstić information content (AvgIpc) is 3.17. The number of likely N-dealkylation sites (tertiary alicyclic amines) is 1. The van der Waals surface area contributed by atoms with E-state index < -0.39 is 10.0 Å². The van der Waals surface area contributed by atoms with E-state index in [1.807, 2.05) is 11.8 Å². The fraction of sp³-hybridized carbons (Fsp3) is 0.882. The van der Waals surface area contributed by atoms with Crippen molar-refractivity contribution in [2.75, 3.05) is 65.7 Å². The Kier molecular flexibility index (Phi) is 11.0. The number of nitrogens with zero attached hydrogens (tertiary/aromatic N) is 4. The molecule has 0 aromatic carbocycles. The van der Waals surface area contributed by atoms with Crippen LogP contribution in [0.15, 0.2) is 4.99 Å². The van der Waals surface area contributed by atoms with E-state index in [2.05, 4.69) is 24.8 Å². The fourth-order valence-corrected chi connectivity index (χ4v) is 4.07. The predicted molar refractivity (Wildman–Crippen MR) is 123 cm³/mol. The molecule has 0 radical (unpaired) electrons. The quantitative estimate of drug-likeness (QED) is 0.204. The minimum atomic E-state index is -3.13. The third kappa shape index (κ3) is 7.99. The molecule has 0 bridgehead atoms. The van der Waals surface area contributed by atoms with Gasteiger partial charge in [-0.2, -0.15) is 0 Å². The summed E-state index contributed by atoms with van der Waals surface area (Å²) in [6.45, 7) is 8.16. The number of guanidine groups is 1. The van der Waals surface area contributed by atoms with Crippen LogP contribution in [0.3, 0.4) is 0 Å². The summed E-state index contributed by atoms with van der Waals surface area (Å²) < 4.78 is 24.6. The van der Waals surface area contributed by atoms with E-state index in [1.54, 1.807) is 7.05 Å². The Balaban J connectivity index is 0.00000392. The number of sulfonamides is 1. The highest BCUT2D eigenvalue weighted by molar-refractivity contribution is 14.0. The molecule has 28 heavy (non-hydrogen) atoms. The molecule has 2 heterocycles. The molecule has 2 N–H and O–H groups in total. The molecule has 164 valence electrons. The summed E-state index contributed by atoms with van der Waals surface area (Å²) in [4.78, 5) is 23.3. The van der Waals surface area contributed by atoms with Gasteiger partial charge in [0.1, 0.15) is 0 Å². The third-order valence-electron chi connectivity index (χ3n) is 5.15. The molecule has 1 amide bonds. The Morgan fingerprint density at radius 3 is 2.18 bits per heavy atom. The van der Waals surface area contributed by atoms with Gasteiger partial charge in [-0.1, -0.05) is 0 Å². The lowest BCUT2D eigenvalue weighted by atomic mass is 10.2. The van der Waals surface area contributed by atoms with Crippen molar-refractivity contribution in [2.24, 2.45) is 4.99 Å². The number of amides is 1. The summed E-state index contributed by atoms with van der Waals surface area (Å²) in [5.41, 5.74) is 0. The highest BCUT2D eigenvalue weighted by Gasteiger charge is 2.30. The first kappa shape index (κ1) is 25.4. The van der Waals surface area contributed by atoms with Gasteiger partial charge in [0.25, 0.3) is 0 Å². The zero-order valence-corrected chi connectivity index (χ0v) is 20.3. The molecule has 2 aliphatic rings. The van der Waals surface area contributed by atoms with Crippen LogP contribution < -0.4 is 10.0 Å². The van der Waals surface area contributed by atoms with Gasteiger partial charge in [0.2, 0.25) is 15.9 Å². The zero-order chi connectivity index (χ0) is 19.9. The van der Waals surface area contributed by atoms with Crippen LogP contribution in [0.2, 0.25) is 0 Å². The Bertz CT molecular complexity index is 616. The van der Waals surface area contributed by atoms with Crippen molar-refractivity contribution < 1.29 is 13.2 Å². The van der Waals surface area contributed by atoms with Crippen LogP contribution in [0.25, 0.3) is 0 Å². The highest BCUT2D eigenvalue weighted by atomic mass is 127. The molecule has 2 fully saturated rings. The molecular formula is C17H35IN6O3S. The lowest BCUT2D eigenvalue weighted by Gasteiger charge is -2.39. The molecule has 0 saturated carbocycles. The van der Waals surface area contributed by atoms with E-state index in [0.29, 0.717) is 19.5 Å². The van der Waals surface area contributed by atoms with Gasteiger partial charge in [0, 0.05) is 59.4 Å². The summed E-state index contributed by atoms with van der Waals surface area (Å²) in [6.07, 6.45) is 4.09. The largest absolute Gasteiger partial charge is 0.356 e. The lowest BCUT2D eigenvalue weighted by molar-refractivity contribution is -0.135. The molecule has 1 unspecified atom stereocenters. The number of hydrogen-bond donors (Lipinski definition) is 2. The van der Waals surface area contributed by atoms with Gasteiger partial charge in [0.05, 0.1) is 12.3 Å². The van der Waals surface area contributed by atoms with E-state index in [-0.39, 0.29) is 35.9 Å². The van der Waals surface area contributed by atoms with Crippen molar-refractivity contribution in [2.45, 2.75) is 32.2 Å². The minimum absolute atomic E-state index is 0. The van der Waals surface area contributed by atoms with E-state index in [9.17, 15) is 13.2 Å². The number of carbonyl (C=O) groups is 1. The van der Waals surface area contributed by atoms with Crippen LogP contribution in [0.5, 0.6) is 0 Å². The molecule has 11 heteroatoms. The highest BCUT2D eigenvalue weighted by Crippen LogP contribution is 2.14. The lowest BCUT2D eigenvalue weighted by Crippen LogP contribution is -2.57. The summed E-state index contributed by atoms with van der Waals surface area (Å²) >= 11 is 0. The molecule has 2 rings (SSSR count). The second-order valence-electron chi connectivity index (χ2n) is 7.23. The number of halogens is 1.